The van der Waals surface area contributed by atoms with Gasteiger partial charge in [0.2, 0.25) is 0 Å². The second-order valence-electron chi connectivity index (χ2n) is 5.21. The van der Waals surface area contributed by atoms with Crippen molar-refractivity contribution in [1.29, 1.82) is 0 Å². The molecule has 3 heteroatoms. The van der Waals surface area contributed by atoms with E-state index in [9.17, 15) is 0 Å². The van der Waals surface area contributed by atoms with E-state index in [4.69, 9.17) is 4.98 Å². The summed E-state index contributed by atoms with van der Waals surface area (Å²) in [5.74, 6) is 1.09. The van der Waals surface area contributed by atoms with Crippen molar-refractivity contribution < 1.29 is 0 Å². The van der Waals surface area contributed by atoms with Crippen molar-refractivity contribution in [3.8, 4) is 0 Å². The van der Waals surface area contributed by atoms with E-state index in [0.29, 0.717) is 0 Å². The highest BCUT2D eigenvalue weighted by Gasteiger charge is 2.06. The van der Waals surface area contributed by atoms with E-state index in [1.54, 1.807) is 0 Å². The summed E-state index contributed by atoms with van der Waals surface area (Å²) in [5, 5.41) is 3.39. The van der Waals surface area contributed by atoms with Gasteiger partial charge in [0.05, 0.1) is 0 Å². The van der Waals surface area contributed by atoms with Crippen molar-refractivity contribution in [2.45, 2.75) is 46.1 Å². The van der Waals surface area contributed by atoms with Crippen molar-refractivity contribution in [3.63, 3.8) is 0 Å². The van der Waals surface area contributed by atoms with Crippen molar-refractivity contribution in [2.75, 3.05) is 25.0 Å². The van der Waals surface area contributed by atoms with Gasteiger partial charge in [-0.3, -0.25) is 0 Å². The molecule has 0 aromatic carbocycles. The number of hydrogen-bond acceptors (Lipinski definition) is 3. The number of aromatic nitrogens is 1. The highest BCUT2D eigenvalue weighted by atomic mass is 15.2. The SMILES string of the molecule is C=CCCCN(C)c1cc(CNCC)cc(CCC)n1. The van der Waals surface area contributed by atoms with Crippen LogP contribution in [0.2, 0.25) is 0 Å². The van der Waals surface area contributed by atoms with E-state index in [-0.39, 0.29) is 0 Å². The van der Waals surface area contributed by atoms with Gasteiger partial charge in [0.25, 0.3) is 0 Å². The summed E-state index contributed by atoms with van der Waals surface area (Å²) < 4.78 is 0. The van der Waals surface area contributed by atoms with Gasteiger partial charge in [0.1, 0.15) is 5.82 Å². The third kappa shape index (κ3) is 5.74. The van der Waals surface area contributed by atoms with Crippen molar-refractivity contribution in [3.05, 3.63) is 36.0 Å². The Hall–Kier alpha value is -1.35. The van der Waals surface area contributed by atoms with Crippen LogP contribution >= 0.6 is 0 Å². The normalized spacial score (nSPS) is 10.6. The number of allylic oxidation sites excluding steroid dienone is 1. The Balaban J connectivity index is 2.80. The van der Waals surface area contributed by atoms with Crippen LogP contribution in [0.15, 0.2) is 24.8 Å². The lowest BCUT2D eigenvalue weighted by molar-refractivity contribution is 0.720. The van der Waals surface area contributed by atoms with Gasteiger partial charge in [0.15, 0.2) is 0 Å². The Morgan fingerprint density at radius 2 is 2.15 bits per heavy atom. The molecule has 0 aliphatic heterocycles. The zero-order chi connectivity index (χ0) is 14.8. The van der Waals surface area contributed by atoms with Crippen LogP contribution in [0.3, 0.4) is 0 Å². The first-order chi connectivity index (χ1) is 9.71. The summed E-state index contributed by atoms with van der Waals surface area (Å²) in [6, 6.07) is 4.43. The van der Waals surface area contributed by atoms with Gasteiger partial charge in [-0.2, -0.15) is 0 Å². The lowest BCUT2D eigenvalue weighted by atomic mass is 10.1. The average molecular weight is 275 g/mol. The molecule has 3 nitrogen and oxygen atoms in total. The molecule has 1 rings (SSSR count). The molecule has 0 unspecified atom stereocenters. The van der Waals surface area contributed by atoms with Crippen LogP contribution in [0, 0.1) is 0 Å². The van der Waals surface area contributed by atoms with E-state index < -0.39 is 0 Å². The molecular formula is C17H29N3. The number of rotatable bonds is 10. The molecule has 20 heavy (non-hydrogen) atoms. The van der Waals surface area contributed by atoms with Crippen LogP contribution in [0.25, 0.3) is 0 Å². The van der Waals surface area contributed by atoms with Crippen LogP contribution in [0.4, 0.5) is 5.82 Å². The van der Waals surface area contributed by atoms with E-state index >= 15 is 0 Å². The first-order valence-electron chi connectivity index (χ1n) is 7.73. The molecule has 1 N–H and O–H groups in total. The molecule has 1 heterocycles. The summed E-state index contributed by atoms with van der Waals surface area (Å²) in [6.45, 7) is 11.0. The zero-order valence-electron chi connectivity index (χ0n) is 13.3. The van der Waals surface area contributed by atoms with Crippen LogP contribution < -0.4 is 10.2 Å². The van der Waals surface area contributed by atoms with Crippen LogP contribution in [-0.2, 0) is 13.0 Å². The largest absolute Gasteiger partial charge is 0.360 e. The number of hydrogen-bond donors (Lipinski definition) is 1. The number of nitrogens with zero attached hydrogens (tertiary/aromatic N) is 2. The number of unbranched alkanes of at least 4 members (excludes halogenated alkanes) is 1. The fourth-order valence-electron chi connectivity index (χ4n) is 2.17. The molecule has 0 atom stereocenters. The Bertz CT molecular complexity index is 401. The minimum absolute atomic E-state index is 0.920. The smallest absolute Gasteiger partial charge is 0.128 e. The summed E-state index contributed by atoms with van der Waals surface area (Å²) in [7, 11) is 2.12. The van der Waals surface area contributed by atoms with Crippen molar-refractivity contribution in [2.24, 2.45) is 0 Å². The van der Waals surface area contributed by atoms with E-state index in [2.05, 4.69) is 49.8 Å². The number of anilines is 1. The zero-order valence-corrected chi connectivity index (χ0v) is 13.3. The average Bonchev–Trinajstić information content (AvgIpc) is 2.45. The van der Waals surface area contributed by atoms with Crippen LogP contribution in [0.1, 0.15) is 44.4 Å². The third-order valence-corrected chi connectivity index (χ3v) is 3.30. The first kappa shape index (κ1) is 16.7. The summed E-state index contributed by atoms with van der Waals surface area (Å²) >= 11 is 0. The second-order valence-corrected chi connectivity index (χ2v) is 5.21. The molecule has 0 aliphatic rings. The van der Waals surface area contributed by atoms with Gasteiger partial charge < -0.3 is 10.2 Å². The lowest BCUT2D eigenvalue weighted by Crippen LogP contribution is -2.21. The van der Waals surface area contributed by atoms with Crippen molar-refractivity contribution in [1.82, 2.24) is 10.3 Å². The fraction of sp³-hybridized carbons (Fsp3) is 0.588. The Kier molecular flexibility index (Phi) is 7.97. The minimum atomic E-state index is 0.920. The summed E-state index contributed by atoms with van der Waals surface area (Å²) in [6.07, 6.45) is 6.35. The maximum Gasteiger partial charge on any atom is 0.128 e. The fourth-order valence-corrected chi connectivity index (χ4v) is 2.17. The van der Waals surface area contributed by atoms with Gasteiger partial charge in [-0.25, -0.2) is 4.98 Å². The quantitative estimate of drug-likeness (QED) is 0.523. The van der Waals surface area contributed by atoms with E-state index in [1.165, 1.54) is 11.3 Å². The highest BCUT2D eigenvalue weighted by molar-refractivity contribution is 5.42. The molecule has 1 aromatic heterocycles. The molecule has 0 amide bonds. The predicted octanol–water partition coefficient (Wildman–Crippen LogP) is 3.55. The predicted molar refractivity (Wildman–Crippen MR) is 88.3 cm³/mol. The Labute approximate surface area is 124 Å². The van der Waals surface area contributed by atoms with Gasteiger partial charge in [-0.15, -0.1) is 6.58 Å². The lowest BCUT2D eigenvalue weighted by Gasteiger charge is -2.20. The van der Waals surface area contributed by atoms with Gasteiger partial charge >= 0.3 is 0 Å². The maximum atomic E-state index is 4.78. The third-order valence-electron chi connectivity index (χ3n) is 3.30. The molecule has 0 radical (unpaired) electrons. The molecular weight excluding hydrogens is 246 g/mol. The van der Waals surface area contributed by atoms with Gasteiger partial charge in [-0.05, 0) is 43.5 Å². The molecule has 1 aromatic rings. The molecule has 0 spiro atoms. The molecule has 0 bridgehead atoms. The summed E-state index contributed by atoms with van der Waals surface area (Å²) in [5.41, 5.74) is 2.53. The number of pyridine rings is 1. The van der Waals surface area contributed by atoms with Gasteiger partial charge in [0, 0.05) is 25.8 Å². The molecule has 0 saturated carbocycles. The van der Waals surface area contributed by atoms with Crippen molar-refractivity contribution >= 4 is 5.82 Å². The molecule has 0 fully saturated rings. The molecule has 0 saturated heterocycles. The summed E-state index contributed by atoms with van der Waals surface area (Å²) in [4.78, 5) is 7.03. The monoisotopic (exact) mass is 275 g/mol. The number of nitrogens with one attached hydrogen (secondary N) is 1. The van der Waals surface area contributed by atoms with E-state index in [0.717, 1.165) is 51.1 Å². The minimum Gasteiger partial charge on any atom is -0.360 e. The van der Waals surface area contributed by atoms with Crippen LogP contribution in [-0.4, -0.2) is 25.1 Å². The standard InChI is InChI=1S/C17H29N3/c1-5-8-9-11-20(4)17-13-15(14-18-7-3)12-16(19-17)10-6-2/h5,12-13,18H,1,6-11,14H2,2-4H3. The maximum absolute atomic E-state index is 4.78. The number of aryl methyl sites for hydroxylation is 1. The molecule has 112 valence electrons. The highest BCUT2D eigenvalue weighted by Crippen LogP contribution is 2.16. The molecule has 0 aliphatic carbocycles. The van der Waals surface area contributed by atoms with Gasteiger partial charge in [-0.1, -0.05) is 26.3 Å². The van der Waals surface area contributed by atoms with Crippen LogP contribution in [0.5, 0.6) is 0 Å². The second kappa shape index (κ2) is 9.54. The first-order valence-corrected chi connectivity index (χ1v) is 7.73. The topological polar surface area (TPSA) is 28.2 Å². The van der Waals surface area contributed by atoms with E-state index in [1.807, 2.05) is 6.08 Å². The Morgan fingerprint density at radius 3 is 2.80 bits per heavy atom. The Morgan fingerprint density at radius 1 is 1.35 bits per heavy atom.